The smallest absolute Gasteiger partial charge is 0.341 e. The lowest BCUT2D eigenvalue weighted by atomic mass is 10.1. The molecule has 1 rings (SSSR count). The normalized spacial score (nSPS) is 11.1. The van der Waals surface area contributed by atoms with Crippen LogP contribution in [0.4, 0.5) is 4.39 Å². The van der Waals surface area contributed by atoms with Gasteiger partial charge in [0.15, 0.2) is 5.78 Å². The molecule has 0 bridgehead atoms. The van der Waals surface area contributed by atoms with Crippen LogP contribution in [-0.2, 0) is 14.3 Å². The second kappa shape index (κ2) is 5.94. The summed E-state index contributed by atoms with van der Waals surface area (Å²) in [5.41, 5.74) is 0.531. The molecule has 0 aliphatic rings. The number of Topliss-reactive ketones (excluding diaryl/α,β-unsaturated/α-hetero) is 1. The second-order valence-electron chi connectivity index (χ2n) is 3.39. The number of carbonyl (C=O) groups is 2. The predicted octanol–water partition coefficient (Wildman–Crippen LogP) is 2.36. The second-order valence-corrected chi connectivity index (χ2v) is 3.39. The summed E-state index contributed by atoms with van der Waals surface area (Å²) in [4.78, 5) is 22.8. The molecule has 0 aromatic heterocycles. The quantitative estimate of drug-likeness (QED) is 0.349. The summed E-state index contributed by atoms with van der Waals surface area (Å²) in [5.74, 6) is -1.42. The van der Waals surface area contributed by atoms with Gasteiger partial charge in [0, 0.05) is 0 Å². The van der Waals surface area contributed by atoms with Crippen molar-refractivity contribution in [2.75, 3.05) is 6.61 Å². The molecule has 0 aliphatic carbocycles. The molecule has 1 aromatic rings. The number of ether oxygens (including phenoxy) is 1. The lowest BCUT2D eigenvalue weighted by Gasteiger charge is -2.03. The van der Waals surface area contributed by atoms with Gasteiger partial charge in [-0.3, -0.25) is 4.79 Å². The molecule has 3 nitrogen and oxygen atoms in total. The van der Waals surface area contributed by atoms with E-state index in [9.17, 15) is 14.0 Å². The zero-order chi connectivity index (χ0) is 12.8. The van der Waals surface area contributed by atoms with Crippen molar-refractivity contribution in [1.29, 1.82) is 0 Å². The first-order valence-corrected chi connectivity index (χ1v) is 5.20. The van der Waals surface area contributed by atoms with Crippen LogP contribution in [0.3, 0.4) is 0 Å². The summed E-state index contributed by atoms with van der Waals surface area (Å²) in [6.45, 7) is 3.15. The first kappa shape index (κ1) is 13.1. The SMILES string of the molecule is CCOC(=O)/C(=C/c1ccc(F)cc1)C(C)=O. The first-order chi connectivity index (χ1) is 8.04. The van der Waals surface area contributed by atoms with Crippen molar-refractivity contribution in [3.8, 4) is 0 Å². The zero-order valence-electron chi connectivity index (χ0n) is 9.70. The minimum Gasteiger partial charge on any atom is -0.462 e. The third kappa shape index (κ3) is 3.83. The summed E-state index contributed by atoms with van der Waals surface area (Å²) in [6.07, 6.45) is 1.39. The lowest BCUT2D eigenvalue weighted by Crippen LogP contribution is -2.13. The Morgan fingerprint density at radius 2 is 1.88 bits per heavy atom. The minimum atomic E-state index is -0.663. The summed E-state index contributed by atoms with van der Waals surface area (Å²) in [6, 6.07) is 5.48. The van der Waals surface area contributed by atoms with Crippen molar-refractivity contribution in [3.05, 3.63) is 41.2 Å². The molecule has 4 heteroatoms. The predicted molar refractivity (Wildman–Crippen MR) is 61.7 cm³/mol. The molecule has 0 spiro atoms. The molecule has 90 valence electrons. The zero-order valence-corrected chi connectivity index (χ0v) is 9.70. The molecule has 0 N–H and O–H groups in total. The number of hydrogen-bond acceptors (Lipinski definition) is 3. The van der Waals surface area contributed by atoms with Gasteiger partial charge in [-0.25, -0.2) is 9.18 Å². The van der Waals surface area contributed by atoms with Crippen LogP contribution in [0.1, 0.15) is 19.4 Å². The lowest BCUT2D eigenvalue weighted by molar-refractivity contribution is -0.139. The van der Waals surface area contributed by atoms with Crippen LogP contribution in [0.25, 0.3) is 6.08 Å². The summed E-state index contributed by atoms with van der Waals surface area (Å²) < 4.78 is 17.4. The number of halogens is 1. The van der Waals surface area contributed by atoms with Gasteiger partial charge in [0.25, 0.3) is 0 Å². The third-order valence-corrected chi connectivity index (χ3v) is 2.06. The van der Waals surface area contributed by atoms with E-state index >= 15 is 0 Å². The van der Waals surface area contributed by atoms with Crippen LogP contribution in [-0.4, -0.2) is 18.4 Å². The number of rotatable bonds is 4. The maximum Gasteiger partial charge on any atom is 0.341 e. The van der Waals surface area contributed by atoms with Gasteiger partial charge in [-0.05, 0) is 37.6 Å². The molecule has 0 atom stereocenters. The Kier molecular flexibility index (Phi) is 4.57. The van der Waals surface area contributed by atoms with Crippen molar-refractivity contribution in [1.82, 2.24) is 0 Å². The maximum atomic E-state index is 12.7. The summed E-state index contributed by atoms with van der Waals surface area (Å²) >= 11 is 0. The van der Waals surface area contributed by atoms with Crippen LogP contribution < -0.4 is 0 Å². The van der Waals surface area contributed by atoms with E-state index in [1.54, 1.807) is 6.92 Å². The average molecular weight is 236 g/mol. The third-order valence-electron chi connectivity index (χ3n) is 2.06. The Morgan fingerprint density at radius 1 is 1.29 bits per heavy atom. The Hall–Kier alpha value is -1.97. The van der Waals surface area contributed by atoms with E-state index < -0.39 is 5.97 Å². The Morgan fingerprint density at radius 3 is 2.35 bits per heavy atom. The van der Waals surface area contributed by atoms with E-state index in [1.165, 1.54) is 37.3 Å². The summed E-state index contributed by atoms with van der Waals surface area (Å²) in [7, 11) is 0. The number of ketones is 1. The van der Waals surface area contributed by atoms with Crippen molar-refractivity contribution in [3.63, 3.8) is 0 Å². The Balaban J connectivity index is 3.02. The fourth-order valence-electron chi connectivity index (χ4n) is 1.24. The van der Waals surface area contributed by atoms with Gasteiger partial charge >= 0.3 is 5.97 Å². The number of esters is 1. The van der Waals surface area contributed by atoms with E-state index in [4.69, 9.17) is 4.74 Å². The topological polar surface area (TPSA) is 43.4 Å². The number of carbonyl (C=O) groups excluding carboxylic acids is 2. The van der Waals surface area contributed by atoms with E-state index in [1.807, 2.05) is 0 Å². The highest BCUT2D eigenvalue weighted by molar-refractivity contribution is 6.19. The van der Waals surface area contributed by atoms with Gasteiger partial charge in [0.05, 0.1) is 6.61 Å². The molecule has 0 saturated heterocycles. The van der Waals surface area contributed by atoms with Gasteiger partial charge in [0.2, 0.25) is 0 Å². The first-order valence-electron chi connectivity index (χ1n) is 5.20. The highest BCUT2D eigenvalue weighted by Crippen LogP contribution is 2.10. The van der Waals surface area contributed by atoms with Gasteiger partial charge in [0.1, 0.15) is 11.4 Å². The van der Waals surface area contributed by atoms with E-state index in [2.05, 4.69) is 0 Å². The molecule has 0 heterocycles. The van der Waals surface area contributed by atoms with Crippen molar-refractivity contribution < 1.29 is 18.7 Å². The molecule has 0 fully saturated rings. The monoisotopic (exact) mass is 236 g/mol. The molecule has 0 saturated carbocycles. The molecule has 0 unspecified atom stereocenters. The molecular weight excluding hydrogens is 223 g/mol. The van der Waals surface area contributed by atoms with Gasteiger partial charge < -0.3 is 4.74 Å². The van der Waals surface area contributed by atoms with E-state index in [0.29, 0.717) is 5.56 Å². The van der Waals surface area contributed by atoms with Crippen molar-refractivity contribution >= 4 is 17.8 Å². The molecule has 0 radical (unpaired) electrons. The Bertz CT molecular complexity index is 446. The van der Waals surface area contributed by atoms with Crippen LogP contribution in [0, 0.1) is 5.82 Å². The molecule has 17 heavy (non-hydrogen) atoms. The fraction of sp³-hybridized carbons (Fsp3) is 0.231. The van der Waals surface area contributed by atoms with Crippen molar-refractivity contribution in [2.24, 2.45) is 0 Å². The van der Waals surface area contributed by atoms with Crippen LogP contribution in [0.2, 0.25) is 0 Å². The number of hydrogen-bond donors (Lipinski definition) is 0. The highest BCUT2D eigenvalue weighted by atomic mass is 19.1. The van der Waals surface area contributed by atoms with Crippen LogP contribution in [0.5, 0.6) is 0 Å². The Labute approximate surface area is 98.9 Å². The molecule has 0 amide bonds. The van der Waals surface area contributed by atoms with Crippen molar-refractivity contribution in [2.45, 2.75) is 13.8 Å². The maximum absolute atomic E-state index is 12.7. The minimum absolute atomic E-state index is 0.0431. The standard InChI is InChI=1S/C13H13FO3/c1-3-17-13(16)12(9(2)15)8-10-4-6-11(14)7-5-10/h4-8H,3H2,1-2H3/b12-8+. The van der Waals surface area contributed by atoms with Gasteiger partial charge in [-0.2, -0.15) is 0 Å². The molecule has 0 aliphatic heterocycles. The largest absolute Gasteiger partial charge is 0.462 e. The molecular formula is C13H13FO3. The van der Waals surface area contributed by atoms with Crippen LogP contribution in [0.15, 0.2) is 29.8 Å². The van der Waals surface area contributed by atoms with E-state index in [-0.39, 0.29) is 23.8 Å². The van der Waals surface area contributed by atoms with E-state index in [0.717, 1.165) is 0 Å². The average Bonchev–Trinajstić information content (AvgIpc) is 2.28. The highest BCUT2D eigenvalue weighted by Gasteiger charge is 2.15. The molecule has 1 aromatic carbocycles. The summed E-state index contributed by atoms with van der Waals surface area (Å²) in [5, 5.41) is 0. The fourth-order valence-corrected chi connectivity index (χ4v) is 1.24. The number of benzene rings is 1. The van der Waals surface area contributed by atoms with Crippen LogP contribution >= 0.6 is 0 Å². The van der Waals surface area contributed by atoms with Gasteiger partial charge in [-0.15, -0.1) is 0 Å². The van der Waals surface area contributed by atoms with Gasteiger partial charge in [-0.1, -0.05) is 12.1 Å².